The van der Waals surface area contributed by atoms with Gasteiger partial charge in [-0.25, -0.2) is 9.97 Å². The van der Waals surface area contributed by atoms with Gasteiger partial charge in [-0.1, -0.05) is 6.07 Å². The SMILES string of the molecule is Cc1nc(C2CCOCC2)n2c1cnc1ccc(-c3ccc(OCCCN(C)C)nc3)cc12. The molecule has 0 N–H and O–H groups in total. The number of rotatable bonds is 7. The summed E-state index contributed by atoms with van der Waals surface area (Å²) in [6.07, 6.45) is 6.81. The Morgan fingerprint density at radius 2 is 1.85 bits per heavy atom. The minimum Gasteiger partial charge on any atom is -0.478 e. The van der Waals surface area contributed by atoms with Crippen molar-refractivity contribution in [2.45, 2.75) is 32.1 Å². The molecule has 0 atom stereocenters. The van der Waals surface area contributed by atoms with Crippen LogP contribution in [-0.4, -0.2) is 64.7 Å². The summed E-state index contributed by atoms with van der Waals surface area (Å²) in [6.45, 7) is 5.32. The second kappa shape index (κ2) is 9.45. The normalized spacial score (nSPS) is 15.0. The van der Waals surface area contributed by atoms with Crippen molar-refractivity contribution in [3.05, 3.63) is 54.2 Å². The number of hydrogen-bond donors (Lipinski definition) is 0. The summed E-state index contributed by atoms with van der Waals surface area (Å²) in [5, 5.41) is 0. The number of aromatic nitrogens is 4. The molecule has 1 aliphatic rings. The van der Waals surface area contributed by atoms with E-state index in [9.17, 15) is 0 Å². The van der Waals surface area contributed by atoms with Gasteiger partial charge in [-0.05, 0) is 64.0 Å². The largest absolute Gasteiger partial charge is 0.478 e. The van der Waals surface area contributed by atoms with Gasteiger partial charge in [0.25, 0.3) is 0 Å². The molecule has 4 aromatic rings. The van der Waals surface area contributed by atoms with Gasteiger partial charge in [-0.15, -0.1) is 0 Å². The quantitative estimate of drug-likeness (QED) is 0.391. The zero-order chi connectivity index (χ0) is 22.8. The van der Waals surface area contributed by atoms with Gasteiger partial charge in [0.05, 0.1) is 35.0 Å². The molecule has 0 bridgehead atoms. The molecular weight excluding hydrogens is 414 g/mol. The van der Waals surface area contributed by atoms with E-state index in [0.29, 0.717) is 18.4 Å². The standard InChI is InChI=1S/C26H31N5O2/c1-18-24-17-27-22-7-5-20(21-6-8-25(28-16-21)33-12-4-11-30(2)3)15-23(22)31(24)26(29-18)19-9-13-32-14-10-19/h5-8,15-17,19H,4,9-14H2,1-3H3. The Morgan fingerprint density at radius 3 is 2.61 bits per heavy atom. The van der Waals surface area contributed by atoms with Gasteiger partial charge in [0.2, 0.25) is 5.88 Å². The van der Waals surface area contributed by atoms with E-state index in [1.54, 1.807) is 0 Å². The van der Waals surface area contributed by atoms with E-state index in [1.807, 2.05) is 18.5 Å². The lowest BCUT2D eigenvalue weighted by molar-refractivity contribution is 0.0835. The van der Waals surface area contributed by atoms with Gasteiger partial charge >= 0.3 is 0 Å². The van der Waals surface area contributed by atoms with Crippen LogP contribution < -0.4 is 4.74 Å². The molecular formula is C26H31N5O2. The fourth-order valence-corrected chi connectivity index (χ4v) is 4.51. The van der Waals surface area contributed by atoms with E-state index in [1.165, 1.54) is 0 Å². The number of imidazole rings is 1. The van der Waals surface area contributed by atoms with Crippen LogP contribution >= 0.6 is 0 Å². The topological polar surface area (TPSA) is 64.8 Å². The molecule has 0 aliphatic carbocycles. The van der Waals surface area contributed by atoms with Gasteiger partial charge in [-0.2, -0.15) is 0 Å². The number of benzene rings is 1. The number of hydrogen-bond acceptors (Lipinski definition) is 6. The minimum absolute atomic E-state index is 0.403. The highest BCUT2D eigenvalue weighted by molar-refractivity contribution is 5.84. The summed E-state index contributed by atoms with van der Waals surface area (Å²) in [4.78, 5) is 16.3. The maximum absolute atomic E-state index is 5.79. The smallest absolute Gasteiger partial charge is 0.213 e. The predicted octanol–water partition coefficient (Wildman–Crippen LogP) is 4.48. The third-order valence-corrected chi connectivity index (χ3v) is 6.32. The van der Waals surface area contributed by atoms with Crippen molar-refractivity contribution < 1.29 is 9.47 Å². The van der Waals surface area contributed by atoms with Crippen molar-refractivity contribution >= 4 is 16.6 Å². The van der Waals surface area contributed by atoms with Crippen molar-refractivity contribution in [3.8, 4) is 17.0 Å². The van der Waals surface area contributed by atoms with E-state index in [2.05, 4.69) is 59.6 Å². The average molecular weight is 446 g/mol. The Bertz CT molecular complexity index is 1240. The first kappa shape index (κ1) is 21.8. The Balaban J connectivity index is 1.46. The van der Waals surface area contributed by atoms with E-state index in [-0.39, 0.29) is 0 Å². The monoisotopic (exact) mass is 445 g/mol. The molecule has 3 aromatic heterocycles. The van der Waals surface area contributed by atoms with Crippen molar-refractivity contribution in [2.75, 3.05) is 40.5 Å². The highest BCUT2D eigenvalue weighted by Gasteiger charge is 2.23. The summed E-state index contributed by atoms with van der Waals surface area (Å²) < 4.78 is 13.7. The molecule has 0 unspecified atom stereocenters. The molecule has 1 saturated heterocycles. The molecule has 172 valence electrons. The summed E-state index contributed by atoms with van der Waals surface area (Å²) in [5.41, 5.74) is 6.29. The number of nitrogens with zero attached hydrogens (tertiary/aromatic N) is 5. The van der Waals surface area contributed by atoms with Crippen molar-refractivity contribution in [3.63, 3.8) is 0 Å². The third-order valence-electron chi connectivity index (χ3n) is 6.32. The van der Waals surface area contributed by atoms with Crippen LogP contribution in [0.4, 0.5) is 0 Å². The second-order valence-electron chi connectivity index (χ2n) is 9.01. The van der Waals surface area contributed by atoms with Crippen LogP contribution in [0.15, 0.2) is 42.7 Å². The van der Waals surface area contributed by atoms with Crippen molar-refractivity contribution in [1.82, 2.24) is 24.3 Å². The highest BCUT2D eigenvalue weighted by atomic mass is 16.5. The van der Waals surface area contributed by atoms with Crippen LogP contribution in [0.1, 0.15) is 36.7 Å². The van der Waals surface area contributed by atoms with Gasteiger partial charge in [0.1, 0.15) is 5.82 Å². The van der Waals surface area contributed by atoms with Crippen LogP contribution in [0.2, 0.25) is 0 Å². The summed E-state index contributed by atoms with van der Waals surface area (Å²) in [5.74, 6) is 2.18. The fraction of sp³-hybridized carbons (Fsp3) is 0.423. The number of fused-ring (bicyclic) bond motifs is 3. The van der Waals surface area contributed by atoms with Gasteiger partial charge in [0.15, 0.2) is 0 Å². The Hall–Kier alpha value is -3.03. The van der Waals surface area contributed by atoms with Gasteiger partial charge < -0.3 is 14.4 Å². The maximum atomic E-state index is 5.79. The number of ether oxygens (including phenoxy) is 2. The molecule has 1 aliphatic heterocycles. The lowest BCUT2D eigenvalue weighted by Gasteiger charge is -2.21. The third kappa shape index (κ3) is 4.56. The number of pyridine rings is 1. The van der Waals surface area contributed by atoms with Crippen molar-refractivity contribution in [2.24, 2.45) is 0 Å². The summed E-state index contributed by atoms with van der Waals surface area (Å²) >= 11 is 0. The van der Waals surface area contributed by atoms with Crippen LogP contribution in [0, 0.1) is 6.92 Å². The molecule has 7 nitrogen and oxygen atoms in total. The molecule has 0 amide bonds. The zero-order valence-electron chi connectivity index (χ0n) is 19.6. The summed E-state index contributed by atoms with van der Waals surface area (Å²) in [7, 11) is 4.13. The van der Waals surface area contributed by atoms with E-state index in [4.69, 9.17) is 19.4 Å². The first-order valence-electron chi connectivity index (χ1n) is 11.7. The molecule has 5 rings (SSSR count). The van der Waals surface area contributed by atoms with E-state index >= 15 is 0 Å². The van der Waals surface area contributed by atoms with E-state index in [0.717, 1.165) is 78.2 Å². The Kier molecular flexibility index (Phi) is 6.24. The lowest BCUT2D eigenvalue weighted by Crippen LogP contribution is -2.16. The highest BCUT2D eigenvalue weighted by Crippen LogP contribution is 2.32. The number of aryl methyl sites for hydroxylation is 1. The first-order valence-corrected chi connectivity index (χ1v) is 11.7. The molecule has 33 heavy (non-hydrogen) atoms. The first-order chi connectivity index (χ1) is 16.1. The van der Waals surface area contributed by atoms with E-state index < -0.39 is 0 Å². The Labute approximate surface area is 194 Å². The average Bonchev–Trinajstić information content (AvgIpc) is 3.19. The lowest BCUT2D eigenvalue weighted by atomic mass is 9.99. The van der Waals surface area contributed by atoms with Crippen LogP contribution in [-0.2, 0) is 4.74 Å². The minimum atomic E-state index is 0.403. The molecule has 4 heterocycles. The van der Waals surface area contributed by atoms with Crippen LogP contribution in [0.5, 0.6) is 5.88 Å². The van der Waals surface area contributed by atoms with Crippen LogP contribution in [0.3, 0.4) is 0 Å². The zero-order valence-corrected chi connectivity index (χ0v) is 19.6. The van der Waals surface area contributed by atoms with Crippen molar-refractivity contribution in [1.29, 1.82) is 0 Å². The maximum Gasteiger partial charge on any atom is 0.213 e. The molecule has 0 saturated carbocycles. The molecule has 1 fully saturated rings. The molecule has 1 aromatic carbocycles. The summed E-state index contributed by atoms with van der Waals surface area (Å²) in [6, 6.07) is 10.4. The predicted molar refractivity (Wildman–Crippen MR) is 130 cm³/mol. The second-order valence-corrected chi connectivity index (χ2v) is 9.01. The van der Waals surface area contributed by atoms with Crippen LogP contribution in [0.25, 0.3) is 27.7 Å². The molecule has 0 spiro atoms. The molecule has 7 heteroatoms. The fourth-order valence-electron chi connectivity index (χ4n) is 4.51. The van der Waals surface area contributed by atoms with Gasteiger partial charge in [0, 0.05) is 43.5 Å². The Morgan fingerprint density at radius 1 is 1.03 bits per heavy atom. The molecule has 0 radical (unpaired) electrons. The van der Waals surface area contributed by atoms with Gasteiger partial charge in [-0.3, -0.25) is 9.38 Å².